The Balaban J connectivity index is 1.16. The van der Waals surface area contributed by atoms with E-state index in [4.69, 9.17) is 26.3 Å². The number of nitrogens with zero attached hydrogens (tertiary/aromatic N) is 5. The summed E-state index contributed by atoms with van der Waals surface area (Å²) in [5, 5.41) is 15.7. The molecule has 1 aromatic heterocycles. The van der Waals surface area contributed by atoms with Crippen molar-refractivity contribution in [2.24, 2.45) is 0 Å². The zero-order chi connectivity index (χ0) is 27.7. The van der Waals surface area contributed by atoms with Crippen LogP contribution < -0.4 is 19.9 Å². The molecule has 2 atom stereocenters. The largest absolute Gasteiger partial charge is 0.508 e. The van der Waals surface area contributed by atoms with Crippen molar-refractivity contribution in [3.05, 3.63) is 46.4 Å². The molecule has 216 valence electrons. The van der Waals surface area contributed by atoms with Crippen LogP contribution >= 0.6 is 11.6 Å². The summed E-state index contributed by atoms with van der Waals surface area (Å²) >= 11 is 6.49. The molecular formula is C31H36ClFN6O2. The standard InChI is InChI=1S/C31H36ClFN6O2/c32-28-24(33)6-3-19-13-22(40)14-26(27(19)28)37-12-7-23-25(17-37)35-30(41-18-31-8-1-10-39(31)11-2-9-31)36-29(23)38-15-20-4-5-21(16-38)34-20/h3,6,13-14,20-21,34,40H,1-2,4-5,7-12,15-18H2/t20-,21+. The Morgan fingerprint density at radius 1 is 1.05 bits per heavy atom. The van der Waals surface area contributed by atoms with Gasteiger partial charge in [0.25, 0.3) is 0 Å². The van der Waals surface area contributed by atoms with E-state index >= 15 is 0 Å². The van der Waals surface area contributed by atoms with E-state index in [-0.39, 0.29) is 16.3 Å². The lowest BCUT2D eigenvalue weighted by molar-refractivity contribution is 0.107. The molecule has 2 bridgehead atoms. The van der Waals surface area contributed by atoms with Crippen molar-refractivity contribution < 1.29 is 14.2 Å². The molecule has 3 aromatic rings. The monoisotopic (exact) mass is 578 g/mol. The molecule has 8 rings (SSSR count). The highest BCUT2D eigenvalue weighted by Crippen LogP contribution is 2.42. The average molecular weight is 579 g/mol. The highest BCUT2D eigenvalue weighted by atomic mass is 35.5. The van der Waals surface area contributed by atoms with Gasteiger partial charge >= 0.3 is 6.01 Å². The van der Waals surface area contributed by atoms with Crippen LogP contribution in [0.3, 0.4) is 0 Å². The second-order valence-corrected chi connectivity index (χ2v) is 13.0. The van der Waals surface area contributed by atoms with Gasteiger partial charge in [-0.25, -0.2) is 4.39 Å². The second kappa shape index (κ2) is 9.85. The number of aromatic nitrogens is 2. The lowest BCUT2D eigenvalue weighted by atomic mass is 9.95. The van der Waals surface area contributed by atoms with Gasteiger partial charge in [0.15, 0.2) is 0 Å². The molecule has 2 aromatic carbocycles. The van der Waals surface area contributed by atoms with Crippen molar-refractivity contribution in [2.45, 2.75) is 69.1 Å². The van der Waals surface area contributed by atoms with E-state index < -0.39 is 5.82 Å². The molecular weight excluding hydrogens is 543 g/mol. The van der Waals surface area contributed by atoms with Crippen molar-refractivity contribution >= 4 is 33.9 Å². The topological polar surface area (TPSA) is 77.0 Å². The Morgan fingerprint density at radius 3 is 2.61 bits per heavy atom. The summed E-state index contributed by atoms with van der Waals surface area (Å²) in [7, 11) is 0. The fourth-order valence-electron chi connectivity index (χ4n) is 8.16. The van der Waals surface area contributed by atoms with Gasteiger partial charge in [0, 0.05) is 48.7 Å². The van der Waals surface area contributed by atoms with Gasteiger partial charge in [0.05, 0.1) is 28.5 Å². The summed E-state index contributed by atoms with van der Waals surface area (Å²) in [5.74, 6) is 0.658. The van der Waals surface area contributed by atoms with Crippen LogP contribution in [-0.4, -0.2) is 76.9 Å². The summed E-state index contributed by atoms with van der Waals surface area (Å²) < 4.78 is 21.0. The quantitative estimate of drug-likeness (QED) is 0.454. The van der Waals surface area contributed by atoms with Crippen LogP contribution in [0.5, 0.6) is 11.8 Å². The molecule has 2 N–H and O–H groups in total. The Kier molecular flexibility index (Phi) is 6.20. The first-order chi connectivity index (χ1) is 20.0. The number of ether oxygens (including phenoxy) is 1. The predicted molar refractivity (Wildman–Crippen MR) is 158 cm³/mol. The number of nitrogens with one attached hydrogen (secondary N) is 1. The number of aromatic hydroxyl groups is 1. The number of phenols is 1. The van der Waals surface area contributed by atoms with Crippen LogP contribution in [-0.2, 0) is 13.0 Å². The maximum absolute atomic E-state index is 14.6. The number of piperazine rings is 1. The van der Waals surface area contributed by atoms with Crippen molar-refractivity contribution in [2.75, 3.05) is 49.1 Å². The lowest BCUT2D eigenvalue weighted by Gasteiger charge is -2.38. The lowest BCUT2D eigenvalue weighted by Crippen LogP contribution is -2.52. The molecule has 4 saturated heterocycles. The second-order valence-electron chi connectivity index (χ2n) is 12.6. The number of anilines is 2. The van der Waals surface area contributed by atoms with Crippen molar-refractivity contribution in [3.63, 3.8) is 0 Å². The third-order valence-corrected chi connectivity index (χ3v) is 10.5. The van der Waals surface area contributed by atoms with E-state index in [1.54, 1.807) is 18.2 Å². The maximum Gasteiger partial charge on any atom is 0.318 e. The number of rotatable bonds is 5. The number of benzene rings is 2. The molecule has 10 heteroatoms. The zero-order valence-corrected chi connectivity index (χ0v) is 24.0. The first kappa shape index (κ1) is 25.8. The molecule has 6 heterocycles. The van der Waals surface area contributed by atoms with Gasteiger partial charge in [-0.2, -0.15) is 9.97 Å². The van der Waals surface area contributed by atoms with E-state index in [1.165, 1.54) is 44.6 Å². The first-order valence-corrected chi connectivity index (χ1v) is 15.5. The first-order valence-electron chi connectivity index (χ1n) is 15.1. The fourth-order valence-corrected chi connectivity index (χ4v) is 8.43. The van der Waals surface area contributed by atoms with E-state index in [0.717, 1.165) is 49.7 Å². The van der Waals surface area contributed by atoms with Gasteiger partial charge in [-0.1, -0.05) is 17.7 Å². The molecule has 0 unspecified atom stereocenters. The van der Waals surface area contributed by atoms with Crippen LogP contribution in [0.1, 0.15) is 49.8 Å². The molecule has 0 spiro atoms. The van der Waals surface area contributed by atoms with Crippen LogP contribution in [0.2, 0.25) is 5.02 Å². The summed E-state index contributed by atoms with van der Waals surface area (Å²) in [6, 6.07) is 7.75. The Morgan fingerprint density at radius 2 is 1.83 bits per heavy atom. The van der Waals surface area contributed by atoms with Gasteiger partial charge in [-0.3, -0.25) is 4.90 Å². The minimum atomic E-state index is -0.468. The minimum Gasteiger partial charge on any atom is -0.508 e. The van der Waals surface area contributed by atoms with Crippen molar-refractivity contribution in [3.8, 4) is 11.8 Å². The zero-order valence-electron chi connectivity index (χ0n) is 23.2. The summed E-state index contributed by atoms with van der Waals surface area (Å²) in [5.41, 5.74) is 2.92. The molecule has 4 fully saturated rings. The van der Waals surface area contributed by atoms with Crippen molar-refractivity contribution in [1.82, 2.24) is 20.2 Å². The molecule has 8 nitrogen and oxygen atoms in total. The third-order valence-electron chi connectivity index (χ3n) is 10.1. The van der Waals surface area contributed by atoms with Gasteiger partial charge < -0.3 is 25.0 Å². The van der Waals surface area contributed by atoms with E-state index in [0.29, 0.717) is 54.3 Å². The minimum absolute atomic E-state index is 0.0731. The Labute approximate surface area is 244 Å². The van der Waals surface area contributed by atoms with Crippen molar-refractivity contribution in [1.29, 1.82) is 0 Å². The van der Waals surface area contributed by atoms with E-state index in [9.17, 15) is 9.50 Å². The molecule has 5 aliphatic heterocycles. The number of hydrogen-bond acceptors (Lipinski definition) is 8. The highest BCUT2D eigenvalue weighted by Gasteiger charge is 2.45. The predicted octanol–water partition coefficient (Wildman–Crippen LogP) is 4.64. The molecule has 0 amide bonds. The van der Waals surface area contributed by atoms with Crippen LogP contribution in [0.15, 0.2) is 24.3 Å². The Hall–Kier alpha value is -2.88. The molecule has 0 radical (unpaired) electrons. The smallest absolute Gasteiger partial charge is 0.318 e. The van der Waals surface area contributed by atoms with Crippen LogP contribution in [0, 0.1) is 5.82 Å². The maximum atomic E-state index is 14.6. The number of fused-ring (bicyclic) bond motifs is 5. The average Bonchev–Trinajstić information content (AvgIpc) is 3.66. The normalized spacial score (nSPS) is 25.1. The summed E-state index contributed by atoms with van der Waals surface area (Å²) in [4.78, 5) is 17.3. The fraction of sp³-hybridized carbons (Fsp3) is 0.548. The van der Waals surface area contributed by atoms with Crippen LogP contribution in [0.25, 0.3) is 10.8 Å². The molecule has 41 heavy (non-hydrogen) atoms. The number of halogens is 2. The van der Waals surface area contributed by atoms with Gasteiger partial charge in [-0.05, 0) is 75.6 Å². The van der Waals surface area contributed by atoms with Gasteiger partial charge in [-0.15, -0.1) is 0 Å². The van der Waals surface area contributed by atoms with Gasteiger partial charge in [0.1, 0.15) is 24.0 Å². The number of hydrogen-bond donors (Lipinski definition) is 2. The molecule has 5 aliphatic rings. The van der Waals surface area contributed by atoms with Crippen LogP contribution in [0.4, 0.5) is 15.9 Å². The Bertz CT molecular complexity index is 1500. The number of phenolic OH excluding ortho intramolecular Hbond substituents is 1. The summed E-state index contributed by atoms with van der Waals surface area (Å²) in [6.07, 6.45) is 7.92. The van der Waals surface area contributed by atoms with E-state index in [1.807, 2.05) is 0 Å². The summed E-state index contributed by atoms with van der Waals surface area (Å²) in [6.45, 7) is 5.99. The highest BCUT2D eigenvalue weighted by molar-refractivity contribution is 6.36. The van der Waals surface area contributed by atoms with Gasteiger partial charge in [0.2, 0.25) is 0 Å². The molecule has 0 aliphatic carbocycles. The SMILES string of the molecule is Oc1cc(N2CCc3c(nc(OCC45CCCN4CCC5)nc3N3C[C@H]4CC[C@@H](C3)N4)C2)c2c(Cl)c(F)ccc2c1. The third kappa shape index (κ3) is 4.39. The molecule has 0 saturated carbocycles. The van der Waals surface area contributed by atoms with E-state index in [2.05, 4.69) is 20.0 Å².